The number of ether oxygens (including phenoxy) is 1. The van der Waals surface area contributed by atoms with E-state index in [-0.39, 0.29) is 5.56 Å². The van der Waals surface area contributed by atoms with Crippen molar-refractivity contribution in [3.8, 4) is 22.8 Å². The predicted molar refractivity (Wildman–Crippen MR) is 129 cm³/mol. The van der Waals surface area contributed by atoms with Crippen LogP contribution < -0.4 is 10.3 Å². The number of halogens is 1. The molecule has 0 saturated carbocycles. The Morgan fingerprint density at radius 1 is 1.00 bits per heavy atom. The number of benzene rings is 2. The second-order valence-electron chi connectivity index (χ2n) is 7.35. The molecule has 2 aromatic carbocycles. The molecule has 0 spiro atoms. The highest BCUT2D eigenvalue weighted by atomic mass is 32.2. The van der Waals surface area contributed by atoms with E-state index in [0.717, 1.165) is 11.3 Å². The summed E-state index contributed by atoms with van der Waals surface area (Å²) in [5, 5.41) is 9.18. The van der Waals surface area contributed by atoms with Gasteiger partial charge in [-0.2, -0.15) is 0 Å². The maximum Gasteiger partial charge on any atom is 0.258 e. The second-order valence-corrected chi connectivity index (χ2v) is 8.30. The monoisotopic (exact) mass is 473 g/mol. The molecule has 0 radical (unpaired) electrons. The molecule has 0 bridgehead atoms. The lowest BCUT2D eigenvalue weighted by Crippen LogP contribution is -2.14. The molecule has 170 valence electrons. The van der Waals surface area contributed by atoms with Gasteiger partial charge in [0, 0.05) is 23.6 Å². The van der Waals surface area contributed by atoms with Crippen LogP contribution >= 0.6 is 11.8 Å². The molecule has 9 heteroatoms. The van der Waals surface area contributed by atoms with Crippen molar-refractivity contribution in [2.75, 3.05) is 6.61 Å². The van der Waals surface area contributed by atoms with Gasteiger partial charge in [-0.25, -0.2) is 9.37 Å². The van der Waals surface area contributed by atoms with Crippen LogP contribution in [0.3, 0.4) is 0 Å². The Bertz CT molecular complexity index is 1510. The van der Waals surface area contributed by atoms with Crippen LogP contribution in [0.4, 0.5) is 4.39 Å². The number of hydrogen-bond acceptors (Lipinski definition) is 6. The minimum absolute atomic E-state index is 0.160. The van der Waals surface area contributed by atoms with E-state index in [1.54, 1.807) is 41.1 Å². The van der Waals surface area contributed by atoms with E-state index in [4.69, 9.17) is 4.74 Å². The SMILES string of the molecule is CCOc1ccc(-c2nnc(SCc3cc(=O)n4ccccc4n3)n2-c2ccccc2F)cc1. The minimum Gasteiger partial charge on any atom is -0.494 e. The Kier molecular flexibility index (Phi) is 6.09. The summed E-state index contributed by atoms with van der Waals surface area (Å²) in [6.45, 7) is 2.49. The van der Waals surface area contributed by atoms with Crippen LogP contribution in [-0.4, -0.2) is 30.8 Å². The van der Waals surface area contributed by atoms with Crippen LogP contribution in [0.1, 0.15) is 12.6 Å². The van der Waals surface area contributed by atoms with Crippen molar-refractivity contribution in [1.29, 1.82) is 0 Å². The van der Waals surface area contributed by atoms with Crippen LogP contribution in [-0.2, 0) is 5.75 Å². The van der Waals surface area contributed by atoms with Gasteiger partial charge < -0.3 is 4.74 Å². The zero-order chi connectivity index (χ0) is 23.5. The van der Waals surface area contributed by atoms with Crippen molar-refractivity contribution < 1.29 is 9.13 Å². The third-order valence-corrected chi connectivity index (χ3v) is 6.09. The number of aromatic nitrogens is 5. The quantitative estimate of drug-likeness (QED) is 0.317. The molecule has 0 fully saturated rings. The highest BCUT2D eigenvalue weighted by Gasteiger charge is 2.19. The third-order valence-electron chi connectivity index (χ3n) is 5.12. The molecule has 0 aliphatic heterocycles. The largest absolute Gasteiger partial charge is 0.494 e. The second kappa shape index (κ2) is 9.48. The molecule has 34 heavy (non-hydrogen) atoms. The first-order chi connectivity index (χ1) is 16.6. The molecule has 0 aliphatic rings. The molecule has 0 unspecified atom stereocenters. The van der Waals surface area contributed by atoms with E-state index in [2.05, 4.69) is 15.2 Å². The van der Waals surface area contributed by atoms with Gasteiger partial charge in [-0.15, -0.1) is 10.2 Å². The number of nitrogens with zero attached hydrogens (tertiary/aromatic N) is 5. The van der Waals surface area contributed by atoms with Gasteiger partial charge in [0.15, 0.2) is 11.0 Å². The summed E-state index contributed by atoms with van der Waals surface area (Å²) >= 11 is 1.34. The molecule has 0 amide bonds. The maximum absolute atomic E-state index is 14.8. The van der Waals surface area contributed by atoms with Crippen LogP contribution in [0, 0.1) is 5.82 Å². The lowest BCUT2D eigenvalue weighted by molar-refractivity contribution is 0.340. The van der Waals surface area contributed by atoms with Gasteiger partial charge >= 0.3 is 0 Å². The van der Waals surface area contributed by atoms with E-state index >= 15 is 0 Å². The fourth-order valence-electron chi connectivity index (χ4n) is 3.58. The van der Waals surface area contributed by atoms with Crippen LogP contribution in [0.15, 0.2) is 88.9 Å². The predicted octanol–water partition coefficient (Wildman–Crippen LogP) is 4.77. The van der Waals surface area contributed by atoms with E-state index in [0.29, 0.717) is 40.4 Å². The van der Waals surface area contributed by atoms with Gasteiger partial charge in [0.25, 0.3) is 5.56 Å². The van der Waals surface area contributed by atoms with Crippen molar-refractivity contribution in [3.63, 3.8) is 0 Å². The molecule has 5 aromatic rings. The molecule has 5 rings (SSSR count). The van der Waals surface area contributed by atoms with Crippen LogP contribution in [0.25, 0.3) is 22.7 Å². The normalized spacial score (nSPS) is 11.1. The molecule has 0 N–H and O–H groups in total. The summed E-state index contributed by atoms with van der Waals surface area (Å²) in [7, 11) is 0. The van der Waals surface area contributed by atoms with Gasteiger partial charge in [0.2, 0.25) is 0 Å². The number of thioether (sulfide) groups is 1. The van der Waals surface area contributed by atoms with E-state index < -0.39 is 5.82 Å². The van der Waals surface area contributed by atoms with Crippen LogP contribution in [0.5, 0.6) is 5.75 Å². The Hall–Kier alpha value is -3.98. The van der Waals surface area contributed by atoms with E-state index in [9.17, 15) is 9.18 Å². The summed E-state index contributed by atoms with van der Waals surface area (Å²) in [4.78, 5) is 17.0. The Labute approximate surface area is 198 Å². The van der Waals surface area contributed by atoms with Gasteiger partial charge in [-0.1, -0.05) is 30.0 Å². The average molecular weight is 474 g/mol. The highest BCUT2D eigenvalue weighted by Crippen LogP contribution is 2.31. The smallest absolute Gasteiger partial charge is 0.258 e. The van der Waals surface area contributed by atoms with E-state index in [1.807, 2.05) is 37.3 Å². The molecule has 0 atom stereocenters. The third kappa shape index (κ3) is 4.29. The fraction of sp³-hybridized carbons (Fsp3) is 0.120. The van der Waals surface area contributed by atoms with Gasteiger partial charge in [0.05, 0.1) is 18.0 Å². The summed E-state index contributed by atoms with van der Waals surface area (Å²) in [6.07, 6.45) is 1.68. The van der Waals surface area contributed by atoms with Crippen molar-refractivity contribution >= 4 is 17.4 Å². The van der Waals surface area contributed by atoms with Crippen molar-refractivity contribution in [1.82, 2.24) is 24.1 Å². The minimum atomic E-state index is -0.390. The zero-order valence-electron chi connectivity index (χ0n) is 18.3. The number of para-hydroxylation sites is 1. The van der Waals surface area contributed by atoms with Gasteiger partial charge in [0.1, 0.15) is 17.2 Å². The van der Waals surface area contributed by atoms with E-state index in [1.165, 1.54) is 28.3 Å². The lowest BCUT2D eigenvalue weighted by atomic mass is 10.2. The van der Waals surface area contributed by atoms with Gasteiger partial charge in [-0.05, 0) is 55.5 Å². The standard InChI is InChI=1S/C25H20FN5O2S/c1-2-33-19-12-10-17(11-13-19)24-28-29-25(31(24)21-8-4-3-7-20(21)26)34-16-18-15-23(32)30-14-6-5-9-22(30)27-18/h3-15H,2,16H2,1H3. The number of fused-ring (bicyclic) bond motifs is 1. The van der Waals surface area contributed by atoms with Gasteiger partial charge in [-0.3, -0.25) is 13.8 Å². The first-order valence-corrected chi connectivity index (χ1v) is 11.7. The maximum atomic E-state index is 14.8. The summed E-state index contributed by atoms with van der Waals surface area (Å²) < 4.78 is 23.5. The zero-order valence-corrected chi connectivity index (χ0v) is 19.1. The molecular weight excluding hydrogens is 453 g/mol. The molecule has 0 aliphatic carbocycles. The average Bonchev–Trinajstić information content (AvgIpc) is 3.27. The first-order valence-electron chi connectivity index (χ1n) is 10.7. The van der Waals surface area contributed by atoms with Crippen molar-refractivity contribution in [3.05, 3.63) is 101 Å². The fourth-order valence-corrected chi connectivity index (χ4v) is 4.42. The molecule has 7 nitrogen and oxygen atoms in total. The Morgan fingerprint density at radius 2 is 1.79 bits per heavy atom. The lowest BCUT2D eigenvalue weighted by Gasteiger charge is -2.12. The molecular formula is C25H20FN5O2S. The number of rotatable bonds is 7. The Morgan fingerprint density at radius 3 is 2.59 bits per heavy atom. The van der Waals surface area contributed by atoms with Crippen LogP contribution in [0.2, 0.25) is 0 Å². The molecule has 3 aromatic heterocycles. The topological polar surface area (TPSA) is 74.3 Å². The number of pyridine rings is 1. The molecule has 0 saturated heterocycles. The summed E-state index contributed by atoms with van der Waals surface area (Å²) in [5.74, 6) is 1.23. The first kappa shape index (κ1) is 21.8. The van der Waals surface area contributed by atoms with Crippen molar-refractivity contribution in [2.24, 2.45) is 0 Å². The Balaban J connectivity index is 1.52. The number of hydrogen-bond donors (Lipinski definition) is 0. The summed E-state index contributed by atoms with van der Waals surface area (Å²) in [6, 6.07) is 20.8. The van der Waals surface area contributed by atoms with Crippen molar-refractivity contribution in [2.45, 2.75) is 17.8 Å². The summed E-state index contributed by atoms with van der Waals surface area (Å²) in [5.41, 5.74) is 2.12. The highest BCUT2D eigenvalue weighted by molar-refractivity contribution is 7.98. The molecule has 3 heterocycles.